The second-order valence-corrected chi connectivity index (χ2v) is 5.86. The van der Waals surface area contributed by atoms with E-state index in [1.165, 1.54) is 0 Å². The zero-order valence-electron chi connectivity index (χ0n) is 9.91. The molecule has 0 spiro atoms. The fourth-order valence-electron chi connectivity index (χ4n) is 1.63. The van der Waals surface area contributed by atoms with Crippen molar-refractivity contribution < 1.29 is 8.42 Å². The van der Waals surface area contributed by atoms with E-state index in [9.17, 15) is 8.42 Å². The fourth-order valence-corrected chi connectivity index (χ4v) is 2.74. The van der Waals surface area contributed by atoms with Crippen LogP contribution in [0.1, 0.15) is 5.56 Å². The van der Waals surface area contributed by atoms with Crippen LogP contribution in [0, 0.1) is 0 Å². The highest BCUT2D eigenvalue weighted by atomic mass is 32.2. The van der Waals surface area contributed by atoms with Gasteiger partial charge in [0.2, 0.25) is 10.0 Å². The van der Waals surface area contributed by atoms with Crippen molar-refractivity contribution in [2.24, 2.45) is 0 Å². The molecule has 0 aliphatic carbocycles. The quantitative estimate of drug-likeness (QED) is 0.899. The van der Waals surface area contributed by atoms with Crippen LogP contribution in [-0.4, -0.2) is 14.2 Å². The van der Waals surface area contributed by atoms with Crippen molar-refractivity contribution in [1.82, 2.24) is 0 Å². The van der Waals surface area contributed by atoms with E-state index >= 15 is 0 Å². The number of anilines is 1. The fraction of sp³-hybridized carbons (Fsp3) is 0.143. The summed E-state index contributed by atoms with van der Waals surface area (Å²) in [6, 6.07) is 18.5. The summed E-state index contributed by atoms with van der Waals surface area (Å²) in [5.41, 5.74) is 1.63. The van der Waals surface area contributed by atoms with E-state index in [2.05, 4.69) is 4.72 Å². The van der Waals surface area contributed by atoms with Gasteiger partial charge < -0.3 is 0 Å². The second kappa shape index (κ2) is 5.69. The number of rotatable bonds is 5. The first-order valence-electron chi connectivity index (χ1n) is 5.75. The van der Waals surface area contributed by atoms with Gasteiger partial charge in [0.1, 0.15) is 0 Å². The third kappa shape index (κ3) is 3.89. The van der Waals surface area contributed by atoms with Gasteiger partial charge in [0.25, 0.3) is 0 Å². The Hall–Kier alpha value is -1.81. The van der Waals surface area contributed by atoms with Crippen LogP contribution in [0.15, 0.2) is 60.7 Å². The Morgan fingerprint density at radius 3 is 2.00 bits per heavy atom. The van der Waals surface area contributed by atoms with Crippen molar-refractivity contribution in [3.63, 3.8) is 0 Å². The summed E-state index contributed by atoms with van der Waals surface area (Å²) in [5.74, 6) is 0.0892. The molecule has 0 amide bonds. The van der Waals surface area contributed by atoms with Gasteiger partial charge in [-0.3, -0.25) is 4.72 Å². The normalized spacial score (nSPS) is 11.1. The lowest BCUT2D eigenvalue weighted by Crippen LogP contribution is -2.18. The molecule has 0 heterocycles. The molecular weight excluding hydrogens is 246 g/mol. The molecule has 2 rings (SSSR count). The lowest BCUT2D eigenvalue weighted by molar-refractivity contribution is 0.600. The number of nitrogens with one attached hydrogen (secondary N) is 1. The van der Waals surface area contributed by atoms with E-state index in [1.807, 2.05) is 36.4 Å². The van der Waals surface area contributed by atoms with Crippen molar-refractivity contribution in [3.8, 4) is 0 Å². The molecule has 0 aliphatic rings. The van der Waals surface area contributed by atoms with E-state index in [0.29, 0.717) is 12.1 Å². The summed E-state index contributed by atoms with van der Waals surface area (Å²) in [6.45, 7) is 0. The Kier molecular flexibility index (Phi) is 3.99. The van der Waals surface area contributed by atoms with Crippen LogP contribution in [-0.2, 0) is 16.4 Å². The van der Waals surface area contributed by atoms with E-state index in [0.717, 1.165) is 5.56 Å². The second-order valence-electron chi connectivity index (χ2n) is 4.02. The molecular formula is C14H15NO2S. The summed E-state index contributed by atoms with van der Waals surface area (Å²) >= 11 is 0. The zero-order valence-corrected chi connectivity index (χ0v) is 10.7. The van der Waals surface area contributed by atoms with Gasteiger partial charge in [0.05, 0.1) is 5.75 Å². The molecule has 0 saturated carbocycles. The van der Waals surface area contributed by atoms with Crippen LogP contribution in [0.25, 0.3) is 0 Å². The molecule has 2 aromatic carbocycles. The van der Waals surface area contributed by atoms with Crippen LogP contribution < -0.4 is 4.72 Å². The predicted octanol–water partition coefficient (Wildman–Crippen LogP) is 2.67. The maximum absolute atomic E-state index is 11.9. The van der Waals surface area contributed by atoms with E-state index in [-0.39, 0.29) is 5.75 Å². The number of sulfonamides is 1. The van der Waals surface area contributed by atoms with Gasteiger partial charge in [0.15, 0.2) is 0 Å². The lowest BCUT2D eigenvalue weighted by Gasteiger charge is -2.07. The highest BCUT2D eigenvalue weighted by molar-refractivity contribution is 7.92. The maximum Gasteiger partial charge on any atom is 0.233 e. The molecule has 0 bridgehead atoms. The van der Waals surface area contributed by atoms with Crippen LogP contribution in [0.2, 0.25) is 0 Å². The molecule has 2 aromatic rings. The van der Waals surface area contributed by atoms with Crippen molar-refractivity contribution in [2.45, 2.75) is 6.42 Å². The largest absolute Gasteiger partial charge is 0.284 e. The van der Waals surface area contributed by atoms with E-state index in [1.54, 1.807) is 24.3 Å². The van der Waals surface area contributed by atoms with Crippen molar-refractivity contribution in [1.29, 1.82) is 0 Å². The molecule has 0 aromatic heterocycles. The first-order valence-corrected chi connectivity index (χ1v) is 7.40. The number of hydrogen-bond acceptors (Lipinski definition) is 2. The predicted molar refractivity (Wildman–Crippen MR) is 74.0 cm³/mol. The number of para-hydroxylation sites is 1. The Morgan fingerprint density at radius 2 is 1.39 bits per heavy atom. The minimum Gasteiger partial charge on any atom is -0.284 e. The highest BCUT2D eigenvalue weighted by Gasteiger charge is 2.10. The van der Waals surface area contributed by atoms with Crippen molar-refractivity contribution in [2.75, 3.05) is 10.5 Å². The Balaban J connectivity index is 1.96. The minimum absolute atomic E-state index is 0.0892. The summed E-state index contributed by atoms with van der Waals surface area (Å²) in [5, 5.41) is 0. The summed E-state index contributed by atoms with van der Waals surface area (Å²) in [6.07, 6.45) is 0.517. The molecule has 0 fully saturated rings. The van der Waals surface area contributed by atoms with Gasteiger partial charge in [-0.05, 0) is 24.1 Å². The van der Waals surface area contributed by atoms with Gasteiger partial charge in [-0.25, -0.2) is 8.42 Å². The number of benzene rings is 2. The number of aryl methyl sites for hydroxylation is 1. The lowest BCUT2D eigenvalue weighted by atomic mass is 10.2. The van der Waals surface area contributed by atoms with E-state index in [4.69, 9.17) is 0 Å². The van der Waals surface area contributed by atoms with Crippen LogP contribution in [0.5, 0.6) is 0 Å². The summed E-state index contributed by atoms with van der Waals surface area (Å²) in [7, 11) is -3.28. The van der Waals surface area contributed by atoms with Gasteiger partial charge in [-0.1, -0.05) is 48.5 Å². The van der Waals surface area contributed by atoms with Gasteiger partial charge in [-0.2, -0.15) is 0 Å². The zero-order chi connectivity index (χ0) is 12.8. The van der Waals surface area contributed by atoms with Crippen molar-refractivity contribution in [3.05, 3.63) is 66.2 Å². The summed E-state index contributed by atoms with van der Waals surface area (Å²) in [4.78, 5) is 0. The van der Waals surface area contributed by atoms with Gasteiger partial charge >= 0.3 is 0 Å². The molecule has 3 nitrogen and oxygen atoms in total. The van der Waals surface area contributed by atoms with Crippen molar-refractivity contribution >= 4 is 15.7 Å². The molecule has 0 radical (unpaired) electrons. The van der Waals surface area contributed by atoms with Crippen LogP contribution in [0.3, 0.4) is 0 Å². The molecule has 0 aliphatic heterocycles. The maximum atomic E-state index is 11.9. The molecule has 0 unspecified atom stereocenters. The molecule has 18 heavy (non-hydrogen) atoms. The first kappa shape index (κ1) is 12.6. The van der Waals surface area contributed by atoms with Gasteiger partial charge in [0, 0.05) is 5.69 Å². The molecule has 94 valence electrons. The average molecular weight is 261 g/mol. The van der Waals surface area contributed by atoms with Gasteiger partial charge in [-0.15, -0.1) is 0 Å². The monoisotopic (exact) mass is 261 g/mol. The summed E-state index contributed by atoms with van der Waals surface area (Å²) < 4.78 is 26.3. The number of hydrogen-bond donors (Lipinski definition) is 1. The molecule has 1 N–H and O–H groups in total. The molecule has 0 saturated heterocycles. The van der Waals surface area contributed by atoms with E-state index < -0.39 is 10.0 Å². The smallest absolute Gasteiger partial charge is 0.233 e. The first-order chi connectivity index (χ1) is 8.66. The van der Waals surface area contributed by atoms with Crippen LogP contribution >= 0.6 is 0 Å². The molecule has 4 heteroatoms. The standard InChI is InChI=1S/C14H15NO2S/c16-18(17,15-14-9-5-2-6-10-14)12-11-13-7-3-1-4-8-13/h1-10,15H,11-12H2. The highest BCUT2D eigenvalue weighted by Crippen LogP contribution is 2.09. The minimum atomic E-state index is -3.28. The Labute approximate surface area is 108 Å². The Bertz CT molecular complexity index is 580. The molecule has 0 atom stereocenters. The SMILES string of the molecule is O=S(=O)(CCc1ccccc1)Nc1ccccc1. The third-order valence-electron chi connectivity index (χ3n) is 2.55. The average Bonchev–Trinajstić information content (AvgIpc) is 2.38. The third-order valence-corrected chi connectivity index (χ3v) is 3.84. The van der Waals surface area contributed by atoms with Crippen LogP contribution in [0.4, 0.5) is 5.69 Å². The Morgan fingerprint density at radius 1 is 0.833 bits per heavy atom. The topological polar surface area (TPSA) is 46.2 Å².